The number of hydrogen-bond donors (Lipinski definition) is 1. The van der Waals surface area contributed by atoms with E-state index in [9.17, 15) is 4.39 Å². The quantitative estimate of drug-likeness (QED) is 0.825. The third-order valence-corrected chi connectivity index (χ3v) is 3.18. The third kappa shape index (κ3) is 3.09. The molecule has 1 saturated carbocycles. The molecule has 0 heterocycles. The van der Waals surface area contributed by atoms with Crippen LogP contribution in [0.5, 0.6) is 5.75 Å². The molecule has 0 aromatic heterocycles. The number of hydrogen-bond acceptors (Lipinski definition) is 3. The average Bonchev–Trinajstić information content (AvgIpc) is 2.33. The molecule has 2 rings (SSSR count). The molecule has 2 N–H and O–H groups in total. The van der Waals surface area contributed by atoms with Gasteiger partial charge in [0.2, 0.25) is 0 Å². The Morgan fingerprint density at radius 1 is 1.29 bits per heavy atom. The largest absolute Gasteiger partial charge is 0.488 e. The maximum atomic E-state index is 12.9. The minimum Gasteiger partial charge on any atom is -0.488 e. The van der Waals surface area contributed by atoms with E-state index in [1.54, 1.807) is 13.2 Å². The highest BCUT2D eigenvalue weighted by atomic mass is 19.1. The molecule has 0 amide bonds. The molecule has 4 heteroatoms. The minimum atomic E-state index is -0.340. The Morgan fingerprint density at radius 2 is 2.06 bits per heavy atom. The van der Waals surface area contributed by atoms with Gasteiger partial charge in [0.25, 0.3) is 0 Å². The Bertz CT molecular complexity index is 384. The summed E-state index contributed by atoms with van der Waals surface area (Å²) in [5, 5.41) is 0. The van der Waals surface area contributed by atoms with Crippen molar-refractivity contribution in [2.45, 2.75) is 37.9 Å². The smallest absolute Gasteiger partial charge is 0.142 e. The summed E-state index contributed by atoms with van der Waals surface area (Å²) in [6.07, 6.45) is 4.40. The van der Waals surface area contributed by atoms with E-state index in [0.717, 1.165) is 25.7 Å². The first kappa shape index (κ1) is 12.2. The zero-order valence-corrected chi connectivity index (χ0v) is 9.99. The number of ether oxygens (including phenoxy) is 2. The van der Waals surface area contributed by atoms with E-state index in [1.807, 2.05) is 0 Å². The molecular weight excluding hydrogens is 221 g/mol. The molecule has 1 aliphatic rings. The normalized spacial score (nSPS) is 24.6. The van der Waals surface area contributed by atoms with Crippen molar-refractivity contribution in [2.24, 2.45) is 0 Å². The first-order valence-corrected chi connectivity index (χ1v) is 5.93. The summed E-state index contributed by atoms with van der Waals surface area (Å²) >= 11 is 0. The number of anilines is 1. The van der Waals surface area contributed by atoms with E-state index in [1.165, 1.54) is 12.1 Å². The molecule has 1 aromatic rings. The van der Waals surface area contributed by atoms with Crippen molar-refractivity contribution in [3.63, 3.8) is 0 Å². The van der Waals surface area contributed by atoms with Crippen LogP contribution in [0.4, 0.5) is 10.1 Å². The van der Waals surface area contributed by atoms with E-state index in [-0.39, 0.29) is 18.0 Å². The van der Waals surface area contributed by atoms with Crippen LogP contribution >= 0.6 is 0 Å². The summed E-state index contributed by atoms with van der Waals surface area (Å²) in [6, 6.07) is 4.23. The third-order valence-electron chi connectivity index (χ3n) is 3.18. The Morgan fingerprint density at radius 3 is 2.76 bits per heavy atom. The Hall–Kier alpha value is -1.29. The molecular formula is C13H18FNO2. The summed E-state index contributed by atoms with van der Waals surface area (Å²) in [6.45, 7) is 0. The van der Waals surface area contributed by atoms with Crippen molar-refractivity contribution in [2.75, 3.05) is 12.8 Å². The van der Waals surface area contributed by atoms with Crippen LogP contribution in [0, 0.1) is 5.82 Å². The van der Waals surface area contributed by atoms with Gasteiger partial charge in [-0.1, -0.05) is 0 Å². The van der Waals surface area contributed by atoms with Gasteiger partial charge in [-0.25, -0.2) is 4.39 Å². The van der Waals surface area contributed by atoms with E-state index < -0.39 is 0 Å². The van der Waals surface area contributed by atoms with Crippen LogP contribution in [-0.2, 0) is 4.74 Å². The summed E-state index contributed by atoms with van der Waals surface area (Å²) in [5.41, 5.74) is 6.06. The lowest BCUT2D eigenvalue weighted by atomic mass is 9.95. The molecule has 0 bridgehead atoms. The average molecular weight is 239 g/mol. The molecule has 0 radical (unpaired) electrons. The van der Waals surface area contributed by atoms with Gasteiger partial charge < -0.3 is 15.2 Å². The van der Waals surface area contributed by atoms with Gasteiger partial charge >= 0.3 is 0 Å². The molecule has 0 aliphatic heterocycles. The van der Waals surface area contributed by atoms with Gasteiger partial charge in [-0.2, -0.15) is 0 Å². The molecule has 0 spiro atoms. The zero-order valence-electron chi connectivity index (χ0n) is 9.99. The second-order valence-electron chi connectivity index (χ2n) is 4.45. The molecule has 94 valence electrons. The lowest BCUT2D eigenvalue weighted by Crippen LogP contribution is -2.29. The molecule has 1 fully saturated rings. The highest BCUT2D eigenvalue weighted by Crippen LogP contribution is 2.28. The number of nitrogens with two attached hydrogens (primary N) is 1. The van der Waals surface area contributed by atoms with Gasteiger partial charge in [0.05, 0.1) is 11.8 Å². The lowest BCUT2D eigenvalue weighted by molar-refractivity contribution is 0.0212. The summed E-state index contributed by atoms with van der Waals surface area (Å²) in [4.78, 5) is 0. The topological polar surface area (TPSA) is 44.5 Å². The minimum absolute atomic E-state index is 0.112. The van der Waals surface area contributed by atoms with E-state index in [0.29, 0.717) is 11.4 Å². The number of rotatable bonds is 3. The Balaban J connectivity index is 2.00. The summed E-state index contributed by atoms with van der Waals surface area (Å²) in [5.74, 6) is 0.224. The molecule has 2 unspecified atom stereocenters. The second kappa shape index (κ2) is 5.36. The molecule has 1 aromatic carbocycles. The van der Waals surface area contributed by atoms with Crippen molar-refractivity contribution < 1.29 is 13.9 Å². The van der Waals surface area contributed by atoms with Gasteiger partial charge in [0, 0.05) is 19.6 Å². The van der Waals surface area contributed by atoms with Gasteiger partial charge in [0.1, 0.15) is 17.7 Å². The van der Waals surface area contributed by atoms with Crippen LogP contribution in [0.1, 0.15) is 25.7 Å². The van der Waals surface area contributed by atoms with Crippen LogP contribution in [0.25, 0.3) is 0 Å². The standard InChI is InChI=1S/C13H18FNO2/c1-16-10-3-2-4-11(8-10)17-13-6-5-9(14)7-12(13)15/h5-7,10-11H,2-4,8,15H2,1H3. The van der Waals surface area contributed by atoms with Gasteiger partial charge in [0.15, 0.2) is 0 Å². The highest BCUT2D eigenvalue weighted by molar-refractivity contribution is 5.52. The SMILES string of the molecule is COC1CCCC(Oc2ccc(F)cc2N)C1. The maximum Gasteiger partial charge on any atom is 0.142 e. The van der Waals surface area contributed by atoms with Crippen LogP contribution in [-0.4, -0.2) is 19.3 Å². The van der Waals surface area contributed by atoms with Crippen LogP contribution in [0.15, 0.2) is 18.2 Å². The van der Waals surface area contributed by atoms with Crippen molar-refractivity contribution in [3.05, 3.63) is 24.0 Å². The second-order valence-corrected chi connectivity index (χ2v) is 4.45. The monoisotopic (exact) mass is 239 g/mol. The van der Waals surface area contributed by atoms with Gasteiger partial charge in [-0.05, 0) is 31.4 Å². The molecule has 17 heavy (non-hydrogen) atoms. The predicted octanol–water partition coefficient (Wildman–Crippen LogP) is 2.74. The summed E-state index contributed by atoms with van der Waals surface area (Å²) < 4.78 is 24.0. The van der Waals surface area contributed by atoms with Crippen molar-refractivity contribution in [3.8, 4) is 5.75 Å². The van der Waals surface area contributed by atoms with E-state index in [4.69, 9.17) is 15.2 Å². The Kier molecular flexibility index (Phi) is 3.84. The number of halogens is 1. The van der Waals surface area contributed by atoms with Gasteiger partial charge in [-0.3, -0.25) is 0 Å². The van der Waals surface area contributed by atoms with E-state index >= 15 is 0 Å². The number of benzene rings is 1. The van der Waals surface area contributed by atoms with Crippen molar-refractivity contribution >= 4 is 5.69 Å². The van der Waals surface area contributed by atoms with Crippen LogP contribution < -0.4 is 10.5 Å². The van der Waals surface area contributed by atoms with Crippen molar-refractivity contribution in [1.82, 2.24) is 0 Å². The molecule has 1 aliphatic carbocycles. The lowest BCUT2D eigenvalue weighted by Gasteiger charge is -2.29. The fraction of sp³-hybridized carbons (Fsp3) is 0.538. The van der Waals surface area contributed by atoms with Crippen LogP contribution in [0.3, 0.4) is 0 Å². The van der Waals surface area contributed by atoms with Gasteiger partial charge in [-0.15, -0.1) is 0 Å². The van der Waals surface area contributed by atoms with Crippen molar-refractivity contribution in [1.29, 1.82) is 0 Å². The fourth-order valence-corrected chi connectivity index (χ4v) is 2.23. The zero-order chi connectivity index (χ0) is 12.3. The fourth-order valence-electron chi connectivity index (χ4n) is 2.23. The first-order chi connectivity index (χ1) is 8.19. The maximum absolute atomic E-state index is 12.9. The molecule has 0 saturated heterocycles. The molecule has 2 atom stereocenters. The number of methoxy groups -OCH3 is 1. The van der Waals surface area contributed by atoms with Crippen LogP contribution in [0.2, 0.25) is 0 Å². The highest BCUT2D eigenvalue weighted by Gasteiger charge is 2.23. The first-order valence-electron chi connectivity index (χ1n) is 5.93. The number of nitrogen functional groups attached to an aromatic ring is 1. The molecule has 3 nitrogen and oxygen atoms in total. The summed E-state index contributed by atoms with van der Waals surface area (Å²) in [7, 11) is 1.72. The predicted molar refractivity (Wildman–Crippen MR) is 64.5 cm³/mol. The van der Waals surface area contributed by atoms with E-state index in [2.05, 4.69) is 0 Å². The Labute approximate surface area is 101 Å².